The summed E-state index contributed by atoms with van der Waals surface area (Å²) in [5, 5.41) is 1.69. The zero-order valence-electron chi connectivity index (χ0n) is 9.64. The van der Waals surface area contributed by atoms with Crippen LogP contribution < -0.4 is 5.32 Å². The number of alkyl halides is 3. The summed E-state index contributed by atoms with van der Waals surface area (Å²) in [6.07, 6.45) is 1.64. The third kappa shape index (κ3) is 4.86. The number of carbonyl (C=O) groups excluding carboxylic acids is 1. The van der Waals surface area contributed by atoms with Gasteiger partial charge in [-0.2, -0.15) is 26.0 Å². The average Bonchev–Trinajstić information content (AvgIpc) is 2.27. The lowest BCUT2D eigenvalue weighted by Crippen LogP contribution is -2.39. The van der Waals surface area contributed by atoms with Crippen LogP contribution in [0.1, 0.15) is 12.8 Å². The summed E-state index contributed by atoms with van der Waals surface area (Å²) in [4.78, 5) is 10.6. The van der Waals surface area contributed by atoms with Gasteiger partial charge in [-0.25, -0.2) is 0 Å². The summed E-state index contributed by atoms with van der Waals surface area (Å²) in [6, 6.07) is 0. The highest BCUT2D eigenvalue weighted by molar-refractivity contribution is 7.61. The highest BCUT2D eigenvalue weighted by Gasteiger charge is 2.38. The third-order valence-corrected chi connectivity index (χ3v) is 2.99. The Balaban J connectivity index is 2.67. The normalized spacial score (nSPS) is 22.1. The molecule has 0 saturated carbocycles. The predicted molar refractivity (Wildman–Crippen MR) is 60.7 cm³/mol. The lowest BCUT2D eigenvalue weighted by molar-refractivity contribution is -0.173. The van der Waals surface area contributed by atoms with Crippen LogP contribution in [0.4, 0.5) is 13.2 Å². The van der Waals surface area contributed by atoms with E-state index in [2.05, 4.69) is 4.36 Å². The maximum absolute atomic E-state index is 12.0. The van der Waals surface area contributed by atoms with Crippen molar-refractivity contribution in [3.8, 4) is 0 Å². The molecule has 0 aliphatic heterocycles. The van der Waals surface area contributed by atoms with Crippen molar-refractivity contribution in [3.05, 3.63) is 24.3 Å². The molecule has 5 nitrogen and oxygen atoms in total. The number of nitrogens with zero attached hydrogens (tertiary/aromatic N) is 1. The maximum Gasteiger partial charge on any atom is 0.471 e. The van der Waals surface area contributed by atoms with Crippen LogP contribution in [0.25, 0.3) is 0 Å². The minimum atomic E-state index is -4.95. The van der Waals surface area contributed by atoms with E-state index in [-0.39, 0.29) is 19.4 Å². The first-order valence-electron chi connectivity index (χ1n) is 5.27. The zero-order valence-corrected chi connectivity index (χ0v) is 10.5. The Hall–Kier alpha value is -1.64. The second kappa shape index (κ2) is 6.00. The van der Waals surface area contributed by atoms with E-state index in [0.717, 1.165) is 0 Å². The molecule has 0 aromatic heterocycles. The van der Waals surface area contributed by atoms with E-state index in [4.69, 9.17) is 0 Å². The van der Waals surface area contributed by atoms with Gasteiger partial charge in [0.25, 0.3) is 0 Å². The molecule has 19 heavy (non-hydrogen) atoms. The summed E-state index contributed by atoms with van der Waals surface area (Å²) in [5.41, 5.74) is -1.12. The van der Waals surface area contributed by atoms with Gasteiger partial charge in [0.1, 0.15) is 5.54 Å². The number of halogens is 3. The molecule has 0 spiro atoms. The molecule has 0 aromatic carbocycles. The second-order valence-corrected chi connectivity index (χ2v) is 4.52. The fourth-order valence-electron chi connectivity index (χ4n) is 1.59. The molecule has 1 atom stereocenters. The Morgan fingerprint density at radius 3 is 2.53 bits per heavy atom. The molecule has 1 aliphatic carbocycles. The number of hydrogen-bond donors (Lipinski definition) is 1. The van der Waals surface area contributed by atoms with Crippen LogP contribution in [-0.4, -0.2) is 32.6 Å². The summed E-state index contributed by atoms with van der Waals surface area (Å²) in [6.45, 7) is -0.322. The van der Waals surface area contributed by atoms with Gasteiger partial charge in [-0.05, 0) is 12.8 Å². The van der Waals surface area contributed by atoms with E-state index in [9.17, 15) is 26.4 Å². The molecule has 0 bridgehead atoms. The lowest BCUT2D eigenvalue weighted by atomic mass is 9.89. The van der Waals surface area contributed by atoms with Crippen molar-refractivity contribution in [1.82, 2.24) is 5.32 Å². The fraction of sp³-hybridized carbons (Fsp3) is 0.500. The Kier molecular flexibility index (Phi) is 4.87. The number of allylic oxidation sites excluding steroid dienone is 2. The van der Waals surface area contributed by atoms with Gasteiger partial charge in [-0.15, -0.1) is 0 Å². The second-order valence-electron chi connectivity index (χ2n) is 3.91. The Bertz CT molecular complexity index is 529. The predicted octanol–water partition coefficient (Wildman–Crippen LogP) is 1.37. The van der Waals surface area contributed by atoms with Crippen molar-refractivity contribution in [1.29, 1.82) is 0 Å². The van der Waals surface area contributed by atoms with E-state index < -0.39 is 28.1 Å². The molecular formula is C10H11F3N2O3S. The Labute approximate surface area is 108 Å². The van der Waals surface area contributed by atoms with Crippen LogP contribution >= 0.6 is 0 Å². The molecule has 9 heteroatoms. The average molecular weight is 296 g/mol. The first-order valence-corrected chi connectivity index (χ1v) is 6.30. The standard InChI is InChI=1S/C10H11F3N2O3S/c11-10(12,13)8(16)14-7-6-9(15-19(17)18)4-2-1-3-5-9/h1-4H,5-7H2,(H,14,16). The summed E-state index contributed by atoms with van der Waals surface area (Å²) in [7, 11) is -2.68. The zero-order chi connectivity index (χ0) is 14.5. The molecule has 1 aliphatic rings. The minimum absolute atomic E-state index is 0.0381. The smallest absolute Gasteiger partial charge is 0.348 e. The molecule has 0 saturated heterocycles. The SMILES string of the molecule is O=C(NCCC1(N=S(=O)=O)C=CC=CC1)C(F)(F)F. The quantitative estimate of drug-likeness (QED) is 0.851. The molecule has 106 valence electrons. The fourth-order valence-corrected chi connectivity index (χ4v) is 2.12. The highest BCUT2D eigenvalue weighted by Crippen LogP contribution is 2.26. The van der Waals surface area contributed by atoms with Crippen molar-refractivity contribution in [2.45, 2.75) is 24.6 Å². The Morgan fingerprint density at radius 2 is 2.05 bits per heavy atom. The molecular weight excluding hydrogens is 285 g/mol. The van der Waals surface area contributed by atoms with Crippen LogP contribution in [0.5, 0.6) is 0 Å². The van der Waals surface area contributed by atoms with Gasteiger partial charge in [0.05, 0.1) is 0 Å². The van der Waals surface area contributed by atoms with Gasteiger partial charge in [0.15, 0.2) is 0 Å². The van der Waals surface area contributed by atoms with Crippen molar-refractivity contribution < 1.29 is 26.4 Å². The monoisotopic (exact) mass is 296 g/mol. The number of amides is 1. The topological polar surface area (TPSA) is 75.6 Å². The van der Waals surface area contributed by atoms with Gasteiger partial charge in [0.2, 0.25) is 0 Å². The van der Waals surface area contributed by atoms with Crippen LogP contribution in [0.2, 0.25) is 0 Å². The molecule has 1 unspecified atom stereocenters. The van der Waals surface area contributed by atoms with Crippen LogP contribution in [-0.2, 0) is 15.3 Å². The molecule has 0 fully saturated rings. The summed E-state index contributed by atoms with van der Waals surface area (Å²) in [5.74, 6) is -2.05. The number of rotatable bonds is 4. The van der Waals surface area contributed by atoms with Gasteiger partial charge in [0, 0.05) is 6.54 Å². The van der Waals surface area contributed by atoms with Crippen molar-refractivity contribution in [3.63, 3.8) is 0 Å². The first kappa shape index (κ1) is 15.4. The maximum atomic E-state index is 12.0. The molecule has 0 heterocycles. The van der Waals surface area contributed by atoms with E-state index in [1.165, 1.54) is 6.08 Å². The van der Waals surface area contributed by atoms with Crippen LogP contribution in [0, 0.1) is 0 Å². The molecule has 1 N–H and O–H groups in total. The summed E-state index contributed by atoms with van der Waals surface area (Å²) < 4.78 is 60.6. The van der Waals surface area contributed by atoms with Gasteiger partial charge < -0.3 is 5.32 Å². The Morgan fingerprint density at radius 1 is 1.37 bits per heavy atom. The van der Waals surface area contributed by atoms with E-state index in [0.29, 0.717) is 0 Å². The van der Waals surface area contributed by atoms with E-state index in [1.54, 1.807) is 23.5 Å². The van der Waals surface area contributed by atoms with Crippen LogP contribution in [0.3, 0.4) is 0 Å². The van der Waals surface area contributed by atoms with Gasteiger partial charge >= 0.3 is 22.6 Å². The third-order valence-electron chi connectivity index (χ3n) is 2.48. The minimum Gasteiger partial charge on any atom is -0.348 e. The molecule has 1 amide bonds. The number of hydrogen-bond acceptors (Lipinski definition) is 4. The van der Waals surface area contributed by atoms with Gasteiger partial charge in [-0.3, -0.25) is 4.79 Å². The van der Waals surface area contributed by atoms with Crippen molar-refractivity contribution in [2.24, 2.45) is 4.36 Å². The first-order chi connectivity index (χ1) is 8.75. The van der Waals surface area contributed by atoms with E-state index in [1.807, 2.05) is 0 Å². The number of carbonyl (C=O) groups is 1. The van der Waals surface area contributed by atoms with Crippen molar-refractivity contribution in [2.75, 3.05) is 6.54 Å². The van der Waals surface area contributed by atoms with E-state index >= 15 is 0 Å². The molecule has 0 aromatic rings. The molecule has 1 rings (SSSR count). The number of nitrogens with one attached hydrogen (secondary N) is 1. The van der Waals surface area contributed by atoms with Gasteiger partial charge in [-0.1, -0.05) is 24.3 Å². The summed E-state index contributed by atoms with van der Waals surface area (Å²) >= 11 is 0. The van der Waals surface area contributed by atoms with Crippen molar-refractivity contribution >= 4 is 16.4 Å². The van der Waals surface area contributed by atoms with Crippen LogP contribution in [0.15, 0.2) is 28.7 Å². The highest BCUT2D eigenvalue weighted by atomic mass is 32.2. The largest absolute Gasteiger partial charge is 0.471 e. The lowest BCUT2D eigenvalue weighted by Gasteiger charge is -2.24. The molecule has 0 radical (unpaired) electrons.